The lowest BCUT2D eigenvalue weighted by atomic mass is 9.98. The third kappa shape index (κ3) is 5.92. The first kappa shape index (κ1) is 25.0. The van der Waals surface area contributed by atoms with Gasteiger partial charge in [0.25, 0.3) is 0 Å². The third-order valence-corrected chi connectivity index (χ3v) is 6.31. The number of methoxy groups -OCH3 is 1. The molecule has 0 unspecified atom stereocenters. The SMILES string of the molecule is COC(=O)CN(Cc1ccccc1)C(=O)C[C@@H](C)NC(=O)OCC1c2ccccc2-c2ccccc21. The fourth-order valence-electron chi connectivity index (χ4n) is 4.54. The van der Waals surface area contributed by atoms with Gasteiger partial charge in [0.15, 0.2) is 0 Å². The second-order valence-electron chi connectivity index (χ2n) is 8.89. The van der Waals surface area contributed by atoms with Gasteiger partial charge in [-0.15, -0.1) is 0 Å². The average Bonchev–Trinajstić information content (AvgIpc) is 3.21. The van der Waals surface area contributed by atoms with Crippen molar-refractivity contribution in [2.45, 2.75) is 31.8 Å². The van der Waals surface area contributed by atoms with Gasteiger partial charge < -0.3 is 19.7 Å². The summed E-state index contributed by atoms with van der Waals surface area (Å²) in [6.45, 7) is 2.04. The van der Waals surface area contributed by atoms with Crippen molar-refractivity contribution in [3.05, 3.63) is 95.6 Å². The lowest BCUT2D eigenvalue weighted by Gasteiger charge is -2.24. The standard InChI is InChI=1S/C29H30N2O5/c1-20(16-27(32)31(18-28(33)35-2)17-21-10-4-3-5-11-21)30-29(34)36-19-26-24-14-8-6-12-22(24)23-13-7-9-15-25(23)26/h3-15,20,26H,16-19H2,1-2H3,(H,30,34)/t20-/m1/s1. The number of rotatable bonds is 9. The monoisotopic (exact) mass is 486 g/mol. The molecule has 0 aliphatic heterocycles. The Bertz CT molecular complexity index is 1180. The van der Waals surface area contributed by atoms with Gasteiger partial charge in [-0.25, -0.2) is 4.79 Å². The Hall–Kier alpha value is -4.13. The van der Waals surface area contributed by atoms with Crippen LogP contribution in [0.3, 0.4) is 0 Å². The molecule has 1 aliphatic rings. The molecule has 7 nitrogen and oxygen atoms in total. The van der Waals surface area contributed by atoms with E-state index in [1.165, 1.54) is 12.0 Å². The van der Waals surface area contributed by atoms with E-state index in [1.54, 1.807) is 6.92 Å². The zero-order chi connectivity index (χ0) is 25.5. The smallest absolute Gasteiger partial charge is 0.407 e. The van der Waals surface area contributed by atoms with E-state index in [4.69, 9.17) is 9.47 Å². The molecule has 0 saturated carbocycles. The number of hydrogen-bond acceptors (Lipinski definition) is 5. The van der Waals surface area contributed by atoms with Gasteiger partial charge in [0.05, 0.1) is 7.11 Å². The molecule has 3 aromatic rings. The topological polar surface area (TPSA) is 84.9 Å². The van der Waals surface area contributed by atoms with Crippen molar-refractivity contribution in [3.63, 3.8) is 0 Å². The van der Waals surface area contributed by atoms with Crippen LogP contribution in [0.4, 0.5) is 4.79 Å². The summed E-state index contributed by atoms with van der Waals surface area (Å²) in [7, 11) is 1.29. The quantitative estimate of drug-likeness (QED) is 0.450. The van der Waals surface area contributed by atoms with Crippen LogP contribution in [0, 0.1) is 0 Å². The molecule has 0 radical (unpaired) electrons. The second kappa shape index (κ2) is 11.5. The van der Waals surface area contributed by atoms with Crippen LogP contribution in [0.1, 0.15) is 36.0 Å². The predicted molar refractivity (Wildman–Crippen MR) is 136 cm³/mol. The van der Waals surface area contributed by atoms with Crippen molar-refractivity contribution in [1.82, 2.24) is 10.2 Å². The molecule has 2 amide bonds. The lowest BCUT2D eigenvalue weighted by Crippen LogP contribution is -2.41. The van der Waals surface area contributed by atoms with E-state index >= 15 is 0 Å². The summed E-state index contributed by atoms with van der Waals surface area (Å²) in [4.78, 5) is 38.8. The van der Waals surface area contributed by atoms with E-state index in [-0.39, 0.29) is 37.9 Å². The normalized spacial score (nSPS) is 12.7. The highest BCUT2D eigenvalue weighted by Gasteiger charge is 2.29. The summed E-state index contributed by atoms with van der Waals surface area (Å²) in [5, 5.41) is 2.74. The van der Waals surface area contributed by atoms with Crippen LogP contribution in [0.2, 0.25) is 0 Å². The highest BCUT2D eigenvalue weighted by Crippen LogP contribution is 2.44. The zero-order valence-electron chi connectivity index (χ0n) is 20.5. The number of fused-ring (bicyclic) bond motifs is 3. The molecule has 7 heteroatoms. The van der Waals surface area contributed by atoms with Gasteiger partial charge in [0.2, 0.25) is 5.91 Å². The van der Waals surface area contributed by atoms with E-state index in [2.05, 4.69) is 29.6 Å². The number of ether oxygens (including phenoxy) is 2. The van der Waals surface area contributed by atoms with Crippen molar-refractivity contribution >= 4 is 18.0 Å². The number of benzene rings is 3. The average molecular weight is 487 g/mol. The van der Waals surface area contributed by atoms with Crippen molar-refractivity contribution in [1.29, 1.82) is 0 Å². The first-order valence-electron chi connectivity index (χ1n) is 12.0. The van der Waals surface area contributed by atoms with Gasteiger partial charge >= 0.3 is 12.1 Å². The predicted octanol–water partition coefficient (Wildman–Crippen LogP) is 4.51. The molecule has 36 heavy (non-hydrogen) atoms. The second-order valence-corrected chi connectivity index (χ2v) is 8.89. The maximum Gasteiger partial charge on any atom is 0.407 e. The van der Waals surface area contributed by atoms with Crippen LogP contribution >= 0.6 is 0 Å². The van der Waals surface area contributed by atoms with Gasteiger partial charge in [-0.1, -0.05) is 78.9 Å². The van der Waals surface area contributed by atoms with Crippen LogP contribution in [-0.4, -0.2) is 49.2 Å². The number of nitrogens with zero attached hydrogens (tertiary/aromatic N) is 1. The van der Waals surface area contributed by atoms with Crippen molar-refractivity contribution in [3.8, 4) is 11.1 Å². The molecule has 186 valence electrons. The molecule has 0 saturated heterocycles. The number of alkyl carbamates (subject to hydrolysis) is 1. The van der Waals surface area contributed by atoms with Crippen LogP contribution in [0.5, 0.6) is 0 Å². The Kier molecular flexibility index (Phi) is 8.00. The van der Waals surface area contributed by atoms with Crippen molar-refractivity contribution < 1.29 is 23.9 Å². The molecule has 0 bridgehead atoms. The minimum atomic E-state index is -0.584. The highest BCUT2D eigenvalue weighted by atomic mass is 16.5. The Morgan fingerprint density at radius 3 is 2.08 bits per heavy atom. The molecule has 1 aliphatic carbocycles. The van der Waals surface area contributed by atoms with Gasteiger partial charge in [0, 0.05) is 24.9 Å². The Labute approximate surface area is 211 Å². The Balaban J connectivity index is 1.33. The molecule has 4 rings (SSSR count). The molecule has 0 fully saturated rings. The van der Waals surface area contributed by atoms with Crippen LogP contribution in [-0.2, 0) is 25.6 Å². The third-order valence-electron chi connectivity index (χ3n) is 6.31. The van der Waals surface area contributed by atoms with E-state index < -0.39 is 18.1 Å². The van der Waals surface area contributed by atoms with Crippen LogP contribution in [0.25, 0.3) is 11.1 Å². The zero-order valence-corrected chi connectivity index (χ0v) is 20.5. The molecule has 0 aromatic heterocycles. The van der Waals surface area contributed by atoms with Gasteiger partial charge in [0.1, 0.15) is 13.2 Å². The van der Waals surface area contributed by atoms with Crippen LogP contribution in [0.15, 0.2) is 78.9 Å². The molecular weight excluding hydrogens is 456 g/mol. The summed E-state index contributed by atoms with van der Waals surface area (Å²) in [6, 6.07) is 25.2. The Morgan fingerprint density at radius 2 is 1.47 bits per heavy atom. The fraction of sp³-hybridized carbons (Fsp3) is 0.276. The van der Waals surface area contributed by atoms with Crippen molar-refractivity contribution in [2.75, 3.05) is 20.3 Å². The lowest BCUT2D eigenvalue weighted by molar-refractivity contribution is -0.147. The molecule has 0 spiro atoms. The van der Waals surface area contributed by atoms with E-state index in [9.17, 15) is 14.4 Å². The first-order chi connectivity index (χ1) is 17.5. The fourth-order valence-corrected chi connectivity index (χ4v) is 4.54. The van der Waals surface area contributed by atoms with E-state index in [1.807, 2.05) is 54.6 Å². The summed E-state index contributed by atoms with van der Waals surface area (Å²) in [6.07, 6.45) is -0.562. The minimum absolute atomic E-state index is 0.0218. The Morgan fingerprint density at radius 1 is 0.889 bits per heavy atom. The van der Waals surface area contributed by atoms with Gasteiger partial charge in [-0.2, -0.15) is 0 Å². The summed E-state index contributed by atoms with van der Waals surface area (Å²) in [5.74, 6) is -0.811. The molecule has 1 atom stereocenters. The van der Waals surface area contributed by atoms with E-state index in [0.29, 0.717) is 0 Å². The van der Waals surface area contributed by atoms with E-state index in [0.717, 1.165) is 27.8 Å². The maximum absolute atomic E-state index is 13.0. The number of carbonyl (C=O) groups excluding carboxylic acids is 3. The summed E-state index contributed by atoms with van der Waals surface area (Å²) in [5.41, 5.74) is 5.48. The summed E-state index contributed by atoms with van der Waals surface area (Å²) >= 11 is 0. The van der Waals surface area contributed by atoms with Crippen molar-refractivity contribution in [2.24, 2.45) is 0 Å². The summed E-state index contributed by atoms with van der Waals surface area (Å²) < 4.78 is 10.3. The number of hydrogen-bond donors (Lipinski definition) is 1. The number of nitrogens with one attached hydrogen (secondary N) is 1. The molecular formula is C29H30N2O5. The minimum Gasteiger partial charge on any atom is -0.468 e. The largest absolute Gasteiger partial charge is 0.468 e. The number of esters is 1. The highest BCUT2D eigenvalue weighted by molar-refractivity contribution is 5.83. The number of amides is 2. The maximum atomic E-state index is 13.0. The number of carbonyl (C=O) groups is 3. The molecule has 3 aromatic carbocycles. The first-order valence-corrected chi connectivity index (χ1v) is 12.0. The van der Waals surface area contributed by atoms with Gasteiger partial charge in [-0.3, -0.25) is 9.59 Å². The molecule has 0 heterocycles. The molecule has 1 N–H and O–H groups in total. The van der Waals surface area contributed by atoms with Crippen LogP contribution < -0.4 is 5.32 Å². The van der Waals surface area contributed by atoms with Gasteiger partial charge in [-0.05, 0) is 34.7 Å².